The lowest BCUT2D eigenvalue weighted by Gasteiger charge is -2.22. The van der Waals surface area contributed by atoms with E-state index in [1.54, 1.807) is 0 Å². The first-order valence-corrected chi connectivity index (χ1v) is 5.13. The first-order chi connectivity index (χ1) is 6.10. The van der Waals surface area contributed by atoms with Crippen LogP contribution in [0.5, 0.6) is 0 Å². The van der Waals surface area contributed by atoms with E-state index in [0.29, 0.717) is 5.92 Å². The smallest absolute Gasteiger partial charge is 0.0184 e. The molecular weight excluding hydrogens is 160 g/mol. The van der Waals surface area contributed by atoms with Crippen LogP contribution in [0.15, 0.2) is 12.2 Å². The number of nitrogens with zero attached hydrogens (tertiary/aromatic N) is 1. The zero-order chi connectivity index (χ0) is 10.3. The van der Waals surface area contributed by atoms with Crippen molar-refractivity contribution in [3.05, 3.63) is 12.2 Å². The summed E-state index contributed by atoms with van der Waals surface area (Å²) in [4.78, 5) is 2.30. The molecule has 0 aliphatic carbocycles. The van der Waals surface area contributed by atoms with Gasteiger partial charge in [0.2, 0.25) is 0 Å². The molecule has 2 heteroatoms. The largest absolute Gasteiger partial charge is 0.330 e. The third-order valence-electron chi connectivity index (χ3n) is 2.14. The summed E-state index contributed by atoms with van der Waals surface area (Å²) in [5.74, 6) is 0.648. The highest BCUT2D eigenvalue weighted by atomic mass is 15.1. The number of nitrogens with two attached hydrogens (primary N) is 1. The lowest BCUT2D eigenvalue weighted by molar-refractivity contribution is 0.287. The lowest BCUT2D eigenvalue weighted by atomic mass is 10.0. The van der Waals surface area contributed by atoms with Crippen LogP contribution in [0.4, 0.5) is 0 Å². The highest BCUT2D eigenvalue weighted by Crippen LogP contribution is 2.06. The average molecular weight is 184 g/mol. The minimum absolute atomic E-state index is 0.648. The van der Waals surface area contributed by atoms with E-state index in [9.17, 15) is 0 Å². The quantitative estimate of drug-likeness (QED) is 0.612. The molecule has 0 aromatic heterocycles. The predicted octanol–water partition coefficient (Wildman–Crippen LogP) is 1.87. The van der Waals surface area contributed by atoms with Crippen LogP contribution >= 0.6 is 0 Å². The zero-order valence-electron chi connectivity index (χ0n) is 9.34. The molecule has 0 fully saturated rings. The number of likely N-dealkylation sites (N-methyl/N-ethyl adjacent to an activating group) is 1. The Hall–Kier alpha value is -0.340. The Morgan fingerprint density at radius 3 is 2.54 bits per heavy atom. The molecule has 2 N–H and O–H groups in total. The Bertz CT molecular complexity index is 143. The maximum absolute atomic E-state index is 5.69. The summed E-state index contributed by atoms with van der Waals surface area (Å²) >= 11 is 0. The van der Waals surface area contributed by atoms with E-state index in [4.69, 9.17) is 5.73 Å². The van der Waals surface area contributed by atoms with Gasteiger partial charge in [0.15, 0.2) is 0 Å². The normalized spacial score (nSPS) is 13.3. The zero-order valence-corrected chi connectivity index (χ0v) is 9.34. The van der Waals surface area contributed by atoms with E-state index in [1.807, 2.05) is 0 Å². The molecule has 78 valence electrons. The van der Waals surface area contributed by atoms with Gasteiger partial charge in [-0.1, -0.05) is 25.5 Å². The van der Waals surface area contributed by atoms with Crippen LogP contribution in [0.2, 0.25) is 0 Å². The fourth-order valence-corrected chi connectivity index (χ4v) is 1.66. The van der Waals surface area contributed by atoms with Gasteiger partial charge in [-0.05, 0) is 32.9 Å². The standard InChI is InChI=1S/C11H24N2/c1-5-6-11(7-12)9-13(4)8-10(2)3/h11H,2,5-9,12H2,1,3-4H3. The molecule has 0 aliphatic heterocycles. The summed E-state index contributed by atoms with van der Waals surface area (Å²) in [7, 11) is 2.13. The summed E-state index contributed by atoms with van der Waals surface area (Å²) in [6.45, 7) is 11.1. The molecule has 0 aromatic rings. The van der Waals surface area contributed by atoms with Crippen molar-refractivity contribution in [2.45, 2.75) is 26.7 Å². The molecule has 0 saturated carbocycles. The van der Waals surface area contributed by atoms with Crippen LogP contribution < -0.4 is 5.73 Å². The third-order valence-corrected chi connectivity index (χ3v) is 2.14. The molecule has 1 unspecified atom stereocenters. The van der Waals surface area contributed by atoms with E-state index in [0.717, 1.165) is 19.6 Å². The summed E-state index contributed by atoms with van der Waals surface area (Å²) in [5, 5.41) is 0. The monoisotopic (exact) mass is 184 g/mol. The molecule has 0 amide bonds. The van der Waals surface area contributed by atoms with Crippen LogP contribution in [0.25, 0.3) is 0 Å². The van der Waals surface area contributed by atoms with Gasteiger partial charge in [0.25, 0.3) is 0 Å². The van der Waals surface area contributed by atoms with Crippen LogP contribution in [0.3, 0.4) is 0 Å². The molecule has 0 aliphatic rings. The summed E-state index contributed by atoms with van der Waals surface area (Å²) in [6.07, 6.45) is 2.46. The van der Waals surface area contributed by atoms with Gasteiger partial charge in [-0.2, -0.15) is 0 Å². The Morgan fingerprint density at radius 1 is 1.54 bits per heavy atom. The van der Waals surface area contributed by atoms with Crippen molar-refractivity contribution < 1.29 is 0 Å². The van der Waals surface area contributed by atoms with E-state index < -0.39 is 0 Å². The Labute approximate surface area is 82.8 Å². The van der Waals surface area contributed by atoms with E-state index in [2.05, 4.69) is 32.4 Å². The first kappa shape index (κ1) is 12.7. The van der Waals surface area contributed by atoms with E-state index in [1.165, 1.54) is 18.4 Å². The van der Waals surface area contributed by atoms with Gasteiger partial charge in [0.1, 0.15) is 0 Å². The first-order valence-electron chi connectivity index (χ1n) is 5.13. The second kappa shape index (κ2) is 7.10. The van der Waals surface area contributed by atoms with Crippen molar-refractivity contribution >= 4 is 0 Å². The maximum atomic E-state index is 5.69. The maximum Gasteiger partial charge on any atom is 0.0184 e. The van der Waals surface area contributed by atoms with Crippen LogP contribution in [0, 0.1) is 5.92 Å². The molecular formula is C11H24N2. The average Bonchev–Trinajstić information content (AvgIpc) is 2.02. The van der Waals surface area contributed by atoms with Gasteiger partial charge in [-0.15, -0.1) is 0 Å². The Balaban J connectivity index is 3.72. The van der Waals surface area contributed by atoms with Gasteiger partial charge in [-0.25, -0.2) is 0 Å². The van der Waals surface area contributed by atoms with Crippen molar-refractivity contribution in [2.75, 3.05) is 26.7 Å². The Morgan fingerprint density at radius 2 is 2.15 bits per heavy atom. The molecule has 0 bridgehead atoms. The fraction of sp³-hybridized carbons (Fsp3) is 0.818. The molecule has 0 aromatic carbocycles. The Kier molecular flexibility index (Phi) is 6.92. The molecule has 13 heavy (non-hydrogen) atoms. The SMILES string of the molecule is C=C(C)CN(C)CC(CN)CCC. The minimum atomic E-state index is 0.648. The van der Waals surface area contributed by atoms with E-state index in [-0.39, 0.29) is 0 Å². The molecule has 0 rings (SSSR count). The third kappa shape index (κ3) is 6.79. The topological polar surface area (TPSA) is 29.3 Å². The van der Waals surface area contributed by atoms with Crippen LogP contribution in [-0.2, 0) is 0 Å². The summed E-state index contributed by atoms with van der Waals surface area (Å²) in [5.41, 5.74) is 6.91. The molecule has 0 heterocycles. The highest BCUT2D eigenvalue weighted by Gasteiger charge is 2.08. The molecule has 1 atom stereocenters. The number of rotatable bonds is 7. The van der Waals surface area contributed by atoms with Crippen molar-refractivity contribution in [3.8, 4) is 0 Å². The number of hydrogen-bond donors (Lipinski definition) is 1. The van der Waals surface area contributed by atoms with Gasteiger partial charge in [0, 0.05) is 13.1 Å². The van der Waals surface area contributed by atoms with Gasteiger partial charge in [0.05, 0.1) is 0 Å². The molecule has 2 nitrogen and oxygen atoms in total. The van der Waals surface area contributed by atoms with Crippen LogP contribution in [-0.4, -0.2) is 31.6 Å². The van der Waals surface area contributed by atoms with Crippen molar-refractivity contribution in [2.24, 2.45) is 11.7 Å². The van der Waals surface area contributed by atoms with Gasteiger partial charge in [-0.3, -0.25) is 0 Å². The fourth-order valence-electron chi connectivity index (χ4n) is 1.66. The predicted molar refractivity (Wildman–Crippen MR) is 59.8 cm³/mol. The summed E-state index contributed by atoms with van der Waals surface area (Å²) in [6, 6.07) is 0. The van der Waals surface area contributed by atoms with Crippen molar-refractivity contribution in [3.63, 3.8) is 0 Å². The highest BCUT2D eigenvalue weighted by molar-refractivity contribution is 4.91. The second-order valence-corrected chi connectivity index (χ2v) is 4.04. The minimum Gasteiger partial charge on any atom is -0.330 e. The van der Waals surface area contributed by atoms with Crippen molar-refractivity contribution in [1.82, 2.24) is 4.90 Å². The van der Waals surface area contributed by atoms with Gasteiger partial charge >= 0.3 is 0 Å². The van der Waals surface area contributed by atoms with Gasteiger partial charge < -0.3 is 10.6 Å². The van der Waals surface area contributed by atoms with Crippen LogP contribution in [0.1, 0.15) is 26.7 Å². The van der Waals surface area contributed by atoms with E-state index >= 15 is 0 Å². The second-order valence-electron chi connectivity index (χ2n) is 4.04. The lowest BCUT2D eigenvalue weighted by Crippen LogP contribution is -2.31. The summed E-state index contributed by atoms with van der Waals surface area (Å²) < 4.78 is 0. The molecule has 0 spiro atoms. The number of hydrogen-bond acceptors (Lipinski definition) is 2. The molecule has 0 radical (unpaired) electrons. The van der Waals surface area contributed by atoms with Crippen molar-refractivity contribution in [1.29, 1.82) is 0 Å². The molecule has 0 saturated heterocycles.